The number of hydrogen-bond donors (Lipinski definition) is 1. The van der Waals surface area contributed by atoms with E-state index in [1.807, 2.05) is 30.3 Å². The molecule has 1 heterocycles. The Morgan fingerprint density at radius 1 is 1.09 bits per heavy atom. The minimum atomic E-state index is -0.808. The molecule has 0 saturated carbocycles. The third-order valence-corrected chi connectivity index (χ3v) is 3.11. The summed E-state index contributed by atoms with van der Waals surface area (Å²) >= 11 is 0. The molecule has 0 bridgehead atoms. The molecular weight excluding hydrogens is 299 g/mol. The first kappa shape index (κ1) is 15.1. The van der Waals surface area contributed by atoms with E-state index in [9.17, 15) is 9.50 Å². The molecule has 0 fully saturated rings. The summed E-state index contributed by atoms with van der Waals surface area (Å²) in [6.45, 7) is 0.203. The first-order valence-electron chi connectivity index (χ1n) is 7.10. The third-order valence-electron chi connectivity index (χ3n) is 3.11. The van der Waals surface area contributed by atoms with Gasteiger partial charge in [0.05, 0.1) is 6.54 Å². The van der Waals surface area contributed by atoms with Gasteiger partial charge in [-0.15, -0.1) is 10.2 Å². The Kier molecular flexibility index (Phi) is 4.58. The average Bonchev–Trinajstić information content (AvgIpc) is 3.04. The Hall–Kier alpha value is -2.80. The number of nitrogens with zero attached hydrogens (tertiary/aromatic N) is 4. The molecule has 0 unspecified atom stereocenters. The van der Waals surface area contributed by atoms with Gasteiger partial charge in [-0.1, -0.05) is 30.3 Å². The first-order chi connectivity index (χ1) is 11.2. The fourth-order valence-corrected chi connectivity index (χ4v) is 1.99. The molecule has 0 aliphatic heterocycles. The van der Waals surface area contributed by atoms with Crippen LogP contribution in [-0.2, 0) is 6.54 Å². The Balaban J connectivity index is 1.55. The van der Waals surface area contributed by atoms with E-state index < -0.39 is 6.10 Å². The summed E-state index contributed by atoms with van der Waals surface area (Å²) in [5.74, 6) is 0.650. The second-order valence-electron chi connectivity index (χ2n) is 4.95. The third kappa shape index (κ3) is 4.10. The van der Waals surface area contributed by atoms with Crippen LogP contribution >= 0.6 is 0 Å². The van der Waals surface area contributed by atoms with Crippen molar-refractivity contribution in [1.82, 2.24) is 20.2 Å². The van der Waals surface area contributed by atoms with Crippen LogP contribution in [0.4, 0.5) is 4.39 Å². The highest BCUT2D eigenvalue weighted by atomic mass is 19.1. The van der Waals surface area contributed by atoms with Crippen molar-refractivity contribution < 1.29 is 14.2 Å². The zero-order valence-corrected chi connectivity index (χ0v) is 12.2. The van der Waals surface area contributed by atoms with Gasteiger partial charge in [0.25, 0.3) is 0 Å². The molecule has 0 aliphatic carbocycles. The fraction of sp³-hybridized carbons (Fsp3) is 0.188. The summed E-state index contributed by atoms with van der Waals surface area (Å²) < 4.78 is 18.2. The monoisotopic (exact) mass is 314 g/mol. The zero-order valence-electron chi connectivity index (χ0n) is 12.2. The predicted octanol–water partition coefficient (Wildman–Crippen LogP) is 1.92. The van der Waals surface area contributed by atoms with Crippen molar-refractivity contribution in [2.24, 2.45) is 0 Å². The van der Waals surface area contributed by atoms with Crippen molar-refractivity contribution in [3.63, 3.8) is 0 Å². The molecule has 2 aromatic carbocycles. The molecule has 0 aliphatic rings. The van der Waals surface area contributed by atoms with Crippen LogP contribution in [0.15, 0.2) is 54.6 Å². The standard InChI is InChI=1S/C16H15FN4O2/c17-13-6-8-15(9-7-13)23-11-14(22)10-21-19-16(18-20-21)12-4-2-1-3-5-12/h1-9,14,22H,10-11H2/t14-/m1/s1. The van der Waals surface area contributed by atoms with Gasteiger partial charge in [-0.3, -0.25) is 0 Å². The maximum atomic E-state index is 12.8. The molecule has 0 radical (unpaired) electrons. The van der Waals surface area contributed by atoms with Crippen LogP contribution in [0.2, 0.25) is 0 Å². The van der Waals surface area contributed by atoms with E-state index >= 15 is 0 Å². The maximum absolute atomic E-state index is 12.8. The van der Waals surface area contributed by atoms with Gasteiger partial charge in [-0.25, -0.2) is 4.39 Å². The van der Waals surface area contributed by atoms with E-state index in [4.69, 9.17) is 4.74 Å². The summed E-state index contributed by atoms with van der Waals surface area (Å²) in [6, 6.07) is 15.1. The Morgan fingerprint density at radius 3 is 2.57 bits per heavy atom. The van der Waals surface area contributed by atoms with E-state index in [1.165, 1.54) is 29.1 Å². The van der Waals surface area contributed by atoms with Gasteiger partial charge in [-0.2, -0.15) is 4.80 Å². The van der Waals surface area contributed by atoms with Crippen molar-refractivity contribution in [2.75, 3.05) is 6.61 Å². The lowest BCUT2D eigenvalue weighted by molar-refractivity contribution is 0.0849. The molecule has 3 rings (SSSR count). The number of halogens is 1. The molecule has 118 valence electrons. The largest absolute Gasteiger partial charge is 0.491 e. The lowest BCUT2D eigenvalue weighted by Crippen LogP contribution is -2.24. The number of aromatic nitrogens is 4. The summed E-state index contributed by atoms with van der Waals surface area (Å²) in [4.78, 5) is 1.32. The van der Waals surface area contributed by atoms with E-state index in [0.29, 0.717) is 11.6 Å². The Bertz CT molecular complexity index is 746. The number of benzene rings is 2. The first-order valence-corrected chi connectivity index (χ1v) is 7.10. The molecule has 3 aromatic rings. The van der Waals surface area contributed by atoms with Gasteiger partial charge in [0.2, 0.25) is 5.82 Å². The summed E-state index contributed by atoms with van der Waals surface area (Å²) in [6.07, 6.45) is -0.808. The van der Waals surface area contributed by atoms with Gasteiger partial charge in [0.15, 0.2) is 0 Å². The van der Waals surface area contributed by atoms with Crippen LogP contribution in [-0.4, -0.2) is 38.0 Å². The van der Waals surface area contributed by atoms with Gasteiger partial charge in [0.1, 0.15) is 24.3 Å². The molecule has 1 aromatic heterocycles. The highest BCUT2D eigenvalue weighted by molar-refractivity contribution is 5.52. The van der Waals surface area contributed by atoms with E-state index in [-0.39, 0.29) is 19.0 Å². The van der Waals surface area contributed by atoms with E-state index in [2.05, 4.69) is 15.4 Å². The van der Waals surface area contributed by atoms with Crippen molar-refractivity contribution >= 4 is 0 Å². The normalized spacial score (nSPS) is 12.1. The SMILES string of the molecule is O[C@@H](COc1ccc(F)cc1)Cn1nnc(-c2ccccc2)n1. The van der Waals surface area contributed by atoms with Crippen LogP contribution < -0.4 is 4.74 Å². The molecule has 23 heavy (non-hydrogen) atoms. The number of aliphatic hydroxyl groups excluding tert-OH is 1. The maximum Gasteiger partial charge on any atom is 0.204 e. The molecule has 0 saturated heterocycles. The van der Waals surface area contributed by atoms with E-state index in [0.717, 1.165) is 5.56 Å². The van der Waals surface area contributed by atoms with Crippen molar-refractivity contribution in [3.8, 4) is 17.1 Å². The van der Waals surface area contributed by atoms with Crippen LogP contribution in [0.3, 0.4) is 0 Å². The summed E-state index contributed by atoms with van der Waals surface area (Å²) in [7, 11) is 0. The quantitative estimate of drug-likeness (QED) is 0.752. The smallest absolute Gasteiger partial charge is 0.204 e. The second kappa shape index (κ2) is 6.97. The molecule has 7 heteroatoms. The summed E-state index contributed by atoms with van der Waals surface area (Å²) in [5, 5.41) is 22.1. The van der Waals surface area contributed by atoms with Gasteiger partial charge < -0.3 is 9.84 Å². The van der Waals surface area contributed by atoms with Crippen LogP contribution in [0, 0.1) is 5.82 Å². The van der Waals surface area contributed by atoms with Crippen molar-refractivity contribution in [1.29, 1.82) is 0 Å². The summed E-state index contributed by atoms with van der Waals surface area (Å²) in [5.41, 5.74) is 0.857. The molecule has 0 amide bonds. The molecule has 6 nitrogen and oxygen atoms in total. The highest BCUT2D eigenvalue weighted by Crippen LogP contribution is 2.13. The lowest BCUT2D eigenvalue weighted by Gasteiger charge is -2.11. The Labute approximate surface area is 132 Å². The minimum Gasteiger partial charge on any atom is -0.491 e. The van der Waals surface area contributed by atoms with Crippen LogP contribution in [0.1, 0.15) is 0 Å². The number of tetrazole rings is 1. The Morgan fingerprint density at radius 2 is 1.83 bits per heavy atom. The number of ether oxygens (including phenoxy) is 1. The van der Waals surface area contributed by atoms with Crippen LogP contribution in [0.25, 0.3) is 11.4 Å². The number of aliphatic hydroxyl groups is 1. The lowest BCUT2D eigenvalue weighted by atomic mass is 10.2. The van der Waals surface area contributed by atoms with Crippen molar-refractivity contribution in [2.45, 2.75) is 12.6 Å². The second-order valence-corrected chi connectivity index (χ2v) is 4.95. The minimum absolute atomic E-state index is 0.0494. The number of hydrogen-bond acceptors (Lipinski definition) is 5. The van der Waals surface area contributed by atoms with Crippen molar-refractivity contribution in [3.05, 3.63) is 60.4 Å². The topological polar surface area (TPSA) is 73.1 Å². The number of rotatable bonds is 6. The molecule has 1 atom stereocenters. The average molecular weight is 314 g/mol. The highest BCUT2D eigenvalue weighted by Gasteiger charge is 2.11. The van der Waals surface area contributed by atoms with Gasteiger partial charge in [-0.05, 0) is 29.5 Å². The van der Waals surface area contributed by atoms with E-state index in [1.54, 1.807) is 0 Å². The zero-order chi connectivity index (χ0) is 16.1. The fourth-order valence-electron chi connectivity index (χ4n) is 1.99. The molecule has 0 spiro atoms. The van der Waals surface area contributed by atoms with Gasteiger partial charge in [0, 0.05) is 5.56 Å². The molecule has 1 N–H and O–H groups in total. The van der Waals surface area contributed by atoms with Crippen LogP contribution in [0.5, 0.6) is 5.75 Å². The molecular formula is C16H15FN4O2. The predicted molar refractivity (Wildman–Crippen MR) is 81.2 cm³/mol. The van der Waals surface area contributed by atoms with Gasteiger partial charge >= 0.3 is 0 Å².